The van der Waals surface area contributed by atoms with E-state index in [4.69, 9.17) is 16.7 Å². The molecule has 1 aromatic carbocycles. The van der Waals surface area contributed by atoms with Crippen LogP contribution in [0.15, 0.2) is 24.3 Å². The number of halogens is 1. The van der Waals surface area contributed by atoms with Crippen LogP contribution >= 0.6 is 11.6 Å². The van der Waals surface area contributed by atoms with Crippen molar-refractivity contribution in [1.29, 1.82) is 0 Å². The first-order valence-corrected chi connectivity index (χ1v) is 5.73. The summed E-state index contributed by atoms with van der Waals surface area (Å²) in [6.45, 7) is 0.631. The number of amides is 1. The average Bonchev–Trinajstić information content (AvgIpc) is 2.29. The molecule has 1 aromatic rings. The molecule has 0 spiro atoms. The molecular formula is C12H16ClNO2. The van der Waals surface area contributed by atoms with Crippen molar-refractivity contribution >= 4 is 17.5 Å². The van der Waals surface area contributed by atoms with Crippen molar-refractivity contribution in [1.82, 2.24) is 5.32 Å². The molecule has 1 amide bonds. The highest BCUT2D eigenvalue weighted by molar-refractivity contribution is 6.31. The molecule has 0 aromatic heterocycles. The molecule has 0 aliphatic carbocycles. The Kier molecular flexibility index (Phi) is 5.90. The zero-order chi connectivity index (χ0) is 11.8. The molecule has 16 heavy (non-hydrogen) atoms. The summed E-state index contributed by atoms with van der Waals surface area (Å²) >= 11 is 5.98. The van der Waals surface area contributed by atoms with Crippen molar-refractivity contribution in [2.75, 3.05) is 13.2 Å². The van der Waals surface area contributed by atoms with E-state index in [1.54, 1.807) is 0 Å². The van der Waals surface area contributed by atoms with Crippen molar-refractivity contribution in [3.63, 3.8) is 0 Å². The van der Waals surface area contributed by atoms with E-state index in [2.05, 4.69) is 5.32 Å². The lowest BCUT2D eigenvalue weighted by Crippen LogP contribution is -2.25. The zero-order valence-electron chi connectivity index (χ0n) is 9.08. The maximum Gasteiger partial charge on any atom is 0.220 e. The van der Waals surface area contributed by atoms with Crippen LogP contribution in [-0.4, -0.2) is 24.2 Å². The van der Waals surface area contributed by atoms with E-state index in [-0.39, 0.29) is 12.5 Å². The predicted octanol–water partition coefficient (Wildman–Crippen LogP) is 1.77. The minimum Gasteiger partial charge on any atom is -0.396 e. The highest BCUT2D eigenvalue weighted by Gasteiger charge is 2.01. The van der Waals surface area contributed by atoms with Gasteiger partial charge in [-0.3, -0.25) is 4.79 Å². The monoisotopic (exact) mass is 241 g/mol. The van der Waals surface area contributed by atoms with E-state index in [9.17, 15) is 4.79 Å². The van der Waals surface area contributed by atoms with Crippen LogP contribution in [0.2, 0.25) is 5.02 Å². The third kappa shape index (κ3) is 4.64. The van der Waals surface area contributed by atoms with Gasteiger partial charge in [0, 0.05) is 24.6 Å². The lowest BCUT2D eigenvalue weighted by molar-refractivity contribution is -0.121. The third-order valence-electron chi connectivity index (χ3n) is 2.24. The molecule has 4 heteroatoms. The molecule has 0 fully saturated rings. The van der Waals surface area contributed by atoms with Gasteiger partial charge in [0.15, 0.2) is 0 Å². The molecule has 1 rings (SSSR count). The number of hydrogen-bond donors (Lipinski definition) is 2. The first-order valence-electron chi connectivity index (χ1n) is 5.35. The van der Waals surface area contributed by atoms with Gasteiger partial charge in [-0.2, -0.15) is 0 Å². The van der Waals surface area contributed by atoms with Crippen LogP contribution in [0, 0.1) is 0 Å². The number of nitrogens with one attached hydrogen (secondary N) is 1. The van der Waals surface area contributed by atoms with Gasteiger partial charge < -0.3 is 10.4 Å². The van der Waals surface area contributed by atoms with Gasteiger partial charge in [0.2, 0.25) is 5.91 Å². The van der Waals surface area contributed by atoms with Gasteiger partial charge >= 0.3 is 0 Å². The summed E-state index contributed by atoms with van der Waals surface area (Å²) in [5.74, 6) is -0.0268. The molecule has 88 valence electrons. The quantitative estimate of drug-likeness (QED) is 0.798. The summed E-state index contributed by atoms with van der Waals surface area (Å²) in [4.78, 5) is 11.2. The highest BCUT2D eigenvalue weighted by atomic mass is 35.5. The summed E-state index contributed by atoms with van der Waals surface area (Å²) in [6, 6.07) is 7.59. The largest absolute Gasteiger partial charge is 0.396 e. The number of hydrogen-bond acceptors (Lipinski definition) is 2. The predicted molar refractivity (Wildman–Crippen MR) is 64.5 cm³/mol. The van der Waals surface area contributed by atoms with E-state index < -0.39 is 0 Å². The number of benzene rings is 1. The molecule has 0 heterocycles. The number of carbonyl (C=O) groups excluding carboxylic acids is 1. The fraction of sp³-hybridized carbons (Fsp3) is 0.417. The Morgan fingerprint density at radius 1 is 1.38 bits per heavy atom. The highest BCUT2D eigenvalue weighted by Crippen LogP contribution is 2.14. The van der Waals surface area contributed by atoms with Crippen LogP contribution < -0.4 is 5.32 Å². The van der Waals surface area contributed by atoms with Crippen molar-refractivity contribution in [3.05, 3.63) is 34.9 Å². The Morgan fingerprint density at radius 3 is 2.81 bits per heavy atom. The van der Waals surface area contributed by atoms with E-state index in [0.717, 1.165) is 17.0 Å². The van der Waals surface area contributed by atoms with Crippen LogP contribution in [0.3, 0.4) is 0 Å². The van der Waals surface area contributed by atoms with Crippen LogP contribution in [0.5, 0.6) is 0 Å². The maximum absolute atomic E-state index is 11.2. The Bertz CT molecular complexity index is 342. The SMILES string of the molecule is O=C(CCCO)NCCc1ccccc1Cl. The summed E-state index contributed by atoms with van der Waals surface area (Å²) in [6.07, 6.45) is 1.61. The van der Waals surface area contributed by atoms with Crippen LogP contribution in [0.1, 0.15) is 18.4 Å². The molecule has 0 aliphatic rings. The second-order valence-electron chi connectivity index (χ2n) is 3.52. The first kappa shape index (κ1) is 13.0. The molecule has 3 nitrogen and oxygen atoms in total. The second-order valence-corrected chi connectivity index (χ2v) is 3.93. The Hall–Kier alpha value is -1.06. The van der Waals surface area contributed by atoms with Gasteiger partial charge in [-0.25, -0.2) is 0 Å². The van der Waals surface area contributed by atoms with Gasteiger partial charge in [0.25, 0.3) is 0 Å². The number of rotatable bonds is 6. The average molecular weight is 242 g/mol. The summed E-state index contributed by atoms with van der Waals surface area (Å²) < 4.78 is 0. The summed E-state index contributed by atoms with van der Waals surface area (Å²) in [5.41, 5.74) is 1.03. The van der Waals surface area contributed by atoms with Crippen LogP contribution in [-0.2, 0) is 11.2 Å². The number of aliphatic hydroxyl groups excluding tert-OH is 1. The van der Waals surface area contributed by atoms with Gasteiger partial charge in [-0.05, 0) is 24.5 Å². The fourth-order valence-corrected chi connectivity index (χ4v) is 1.60. The zero-order valence-corrected chi connectivity index (χ0v) is 9.83. The topological polar surface area (TPSA) is 49.3 Å². The minimum atomic E-state index is -0.0268. The third-order valence-corrected chi connectivity index (χ3v) is 2.61. The van der Waals surface area contributed by atoms with Crippen molar-refractivity contribution < 1.29 is 9.90 Å². The standard InChI is InChI=1S/C12H16ClNO2/c13-11-5-2-1-4-10(11)7-8-14-12(16)6-3-9-15/h1-2,4-5,15H,3,6-9H2,(H,14,16). The molecule has 0 aliphatic heterocycles. The van der Waals surface area contributed by atoms with Gasteiger partial charge in [0.05, 0.1) is 0 Å². The smallest absolute Gasteiger partial charge is 0.220 e. The van der Waals surface area contributed by atoms with E-state index >= 15 is 0 Å². The summed E-state index contributed by atoms with van der Waals surface area (Å²) in [7, 11) is 0. The molecule has 2 N–H and O–H groups in total. The maximum atomic E-state index is 11.2. The van der Waals surface area contributed by atoms with Gasteiger partial charge in [0.1, 0.15) is 0 Å². The van der Waals surface area contributed by atoms with Crippen molar-refractivity contribution in [2.24, 2.45) is 0 Å². The van der Waals surface area contributed by atoms with Gasteiger partial charge in [-0.1, -0.05) is 29.8 Å². The molecular weight excluding hydrogens is 226 g/mol. The molecule has 0 unspecified atom stereocenters. The van der Waals surface area contributed by atoms with Gasteiger partial charge in [-0.15, -0.1) is 0 Å². The Labute approximate surface area is 100 Å². The number of aliphatic hydroxyl groups is 1. The fourth-order valence-electron chi connectivity index (χ4n) is 1.37. The molecule has 0 radical (unpaired) electrons. The number of carbonyl (C=O) groups is 1. The van der Waals surface area contributed by atoms with E-state index in [1.165, 1.54) is 0 Å². The first-order chi connectivity index (χ1) is 7.74. The lowest BCUT2D eigenvalue weighted by atomic mass is 10.1. The molecule has 0 saturated heterocycles. The minimum absolute atomic E-state index is 0.0268. The normalized spacial score (nSPS) is 10.1. The van der Waals surface area contributed by atoms with E-state index in [1.807, 2.05) is 24.3 Å². The van der Waals surface area contributed by atoms with Crippen LogP contribution in [0.25, 0.3) is 0 Å². The van der Waals surface area contributed by atoms with Crippen LogP contribution in [0.4, 0.5) is 0 Å². The summed E-state index contributed by atoms with van der Waals surface area (Å²) in [5, 5.41) is 12.1. The molecule has 0 bridgehead atoms. The van der Waals surface area contributed by atoms with E-state index in [0.29, 0.717) is 19.4 Å². The lowest BCUT2D eigenvalue weighted by Gasteiger charge is -2.06. The van der Waals surface area contributed by atoms with Crippen molar-refractivity contribution in [2.45, 2.75) is 19.3 Å². The molecule has 0 saturated carbocycles. The Morgan fingerprint density at radius 2 is 2.12 bits per heavy atom. The van der Waals surface area contributed by atoms with Crippen molar-refractivity contribution in [3.8, 4) is 0 Å². The Balaban J connectivity index is 2.25. The second kappa shape index (κ2) is 7.25. The molecule has 0 atom stereocenters.